The molecule has 1 aliphatic heterocycles. The number of alkyl halides is 3. The number of hydrogen-bond donors (Lipinski definition) is 1. The van der Waals surface area contributed by atoms with Gasteiger partial charge in [0.1, 0.15) is 0 Å². The molecule has 1 aromatic heterocycles. The molecule has 36 heavy (non-hydrogen) atoms. The Morgan fingerprint density at radius 1 is 1.19 bits per heavy atom. The third-order valence-electron chi connectivity index (χ3n) is 5.77. The average Bonchev–Trinajstić information content (AvgIpc) is 3.22. The number of amides is 2. The van der Waals surface area contributed by atoms with Crippen LogP contribution >= 0.6 is 0 Å². The predicted molar refractivity (Wildman–Crippen MR) is 123 cm³/mol. The molecule has 0 saturated carbocycles. The largest absolute Gasteiger partial charge is 0.573 e. The van der Waals surface area contributed by atoms with E-state index in [4.69, 9.17) is 0 Å². The number of nitrogens with zero attached hydrogens (tertiary/aromatic N) is 3. The van der Waals surface area contributed by atoms with Crippen LogP contribution in [0.15, 0.2) is 54.9 Å². The van der Waals surface area contributed by atoms with Gasteiger partial charge in [-0.05, 0) is 29.7 Å². The minimum Gasteiger partial charge on any atom is -0.403 e. The summed E-state index contributed by atoms with van der Waals surface area (Å²) in [5, 5.41) is 6.78. The zero-order valence-corrected chi connectivity index (χ0v) is 19.7. The first-order valence-electron chi connectivity index (χ1n) is 11.2. The molecular formula is C25H24F4N4O3. The molecule has 2 aromatic carbocycles. The van der Waals surface area contributed by atoms with Crippen molar-refractivity contribution in [1.82, 2.24) is 14.7 Å². The van der Waals surface area contributed by atoms with Crippen molar-refractivity contribution in [2.45, 2.75) is 32.2 Å². The summed E-state index contributed by atoms with van der Waals surface area (Å²) in [6.45, 7) is 4.25. The number of carbonyl (C=O) groups excluding carboxylic acids is 2. The van der Waals surface area contributed by atoms with Crippen molar-refractivity contribution in [1.29, 1.82) is 0 Å². The maximum Gasteiger partial charge on any atom is 0.573 e. The average molecular weight is 504 g/mol. The first-order valence-corrected chi connectivity index (χ1v) is 11.2. The molecule has 4 rings (SSSR count). The summed E-state index contributed by atoms with van der Waals surface area (Å²) in [6, 6.07) is 8.68. The van der Waals surface area contributed by atoms with Gasteiger partial charge < -0.3 is 15.0 Å². The maximum atomic E-state index is 13.9. The van der Waals surface area contributed by atoms with E-state index in [0.717, 1.165) is 18.2 Å². The molecule has 0 aliphatic carbocycles. The van der Waals surface area contributed by atoms with E-state index in [-0.39, 0.29) is 17.5 Å². The predicted octanol–water partition coefficient (Wildman–Crippen LogP) is 5.03. The number of aryl methyl sites for hydroxylation is 1. The summed E-state index contributed by atoms with van der Waals surface area (Å²) in [6.07, 6.45) is -1.81. The Balaban J connectivity index is 1.78. The number of carbonyl (C=O) groups is 2. The third-order valence-corrected chi connectivity index (χ3v) is 5.77. The Morgan fingerprint density at radius 3 is 2.56 bits per heavy atom. The van der Waals surface area contributed by atoms with Crippen LogP contribution in [0.3, 0.4) is 0 Å². The van der Waals surface area contributed by atoms with Crippen molar-refractivity contribution in [2.24, 2.45) is 13.0 Å². The van der Waals surface area contributed by atoms with Gasteiger partial charge in [0.2, 0.25) is 5.91 Å². The van der Waals surface area contributed by atoms with Crippen LogP contribution in [0, 0.1) is 11.7 Å². The number of benzene rings is 2. The standard InChI is InChI=1S/C25H24F4N4O3/c1-14(2)12-33-22(15-11-30-32(3)13-15)21(17-6-4-5-7-18(17)24(33)35)23(34)31-16-8-9-19(26)20(10-16)36-25(27,28)29/h4-11,13-14,21-22H,12H2,1-3H3,(H,31,34)/t21-,22+/m0/s1. The highest BCUT2D eigenvalue weighted by molar-refractivity contribution is 6.04. The fourth-order valence-corrected chi connectivity index (χ4v) is 4.44. The molecule has 0 saturated heterocycles. The molecule has 0 spiro atoms. The minimum atomic E-state index is -5.10. The van der Waals surface area contributed by atoms with Gasteiger partial charge in [0.05, 0.1) is 18.2 Å². The highest BCUT2D eigenvalue weighted by Crippen LogP contribution is 2.43. The van der Waals surface area contributed by atoms with Gasteiger partial charge in [-0.25, -0.2) is 4.39 Å². The highest BCUT2D eigenvalue weighted by Gasteiger charge is 2.44. The topological polar surface area (TPSA) is 76.5 Å². The van der Waals surface area contributed by atoms with Crippen LogP contribution in [0.4, 0.5) is 23.2 Å². The zero-order valence-electron chi connectivity index (χ0n) is 19.7. The summed E-state index contributed by atoms with van der Waals surface area (Å²) in [5.41, 5.74) is 1.37. The van der Waals surface area contributed by atoms with Crippen LogP contribution in [0.5, 0.6) is 5.75 Å². The Morgan fingerprint density at radius 2 is 1.92 bits per heavy atom. The number of anilines is 1. The first-order chi connectivity index (χ1) is 16.9. The fourth-order valence-electron chi connectivity index (χ4n) is 4.44. The molecular weight excluding hydrogens is 480 g/mol. The van der Waals surface area contributed by atoms with E-state index >= 15 is 0 Å². The molecule has 11 heteroatoms. The van der Waals surface area contributed by atoms with Gasteiger partial charge in [0.15, 0.2) is 11.6 Å². The lowest BCUT2D eigenvalue weighted by atomic mass is 9.79. The van der Waals surface area contributed by atoms with E-state index in [1.165, 1.54) is 0 Å². The van der Waals surface area contributed by atoms with Crippen molar-refractivity contribution in [3.8, 4) is 5.75 Å². The van der Waals surface area contributed by atoms with Crippen LogP contribution in [0.1, 0.15) is 47.3 Å². The molecule has 0 unspecified atom stereocenters. The third kappa shape index (κ3) is 5.19. The Labute approximate surface area is 204 Å². The number of ether oxygens (including phenoxy) is 1. The molecule has 0 radical (unpaired) electrons. The number of nitrogens with one attached hydrogen (secondary N) is 1. The second-order valence-electron chi connectivity index (χ2n) is 8.99. The number of hydrogen-bond acceptors (Lipinski definition) is 4. The van der Waals surface area contributed by atoms with Crippen LogP contribution in [0.25, 0.3) is 0 Å². The van der Waals surface area contributed by atoms with Crippen molar-refractivity contribution < 1.29 is 31.9 Å². The lowest BCUT2D eigenvalue weighted by Gasteiger charge is -2.42. The van der Waals surface area contributed by atoms with Crippen LogP contribution in [-0.4, -0.2) is 39.4 Å². The quantitative estimate of drug-likeness (QED) is 0.478. The van der Waals surface area contributed by atoms with Crippen LogP contribution in [-0.2, 0) is 11.8 Å². The number of fused-ring (bicyclic) bond motifs is 1. The van der Waals surface area contributed by atoms with E-state index in [0.29, 0.717) is 23.2 Å². The van der Waals surface area contributed by atoms with E-state index in [1.807, 2.05) is 13.8 Å². The molecule has 0 fully saturated rings. The monoisotopic (exact) mass is 504 g/mol. The van der Waals surface area contributed by atoms with E-state index < -0.39 is 35.8 Å². The minimum absolute atomic E-state index is 0.0845. The highest BCUT2D eigenvalue weighted by atomic mass is 19.4. The van der Waals surface area contributed by atoms with E-state index in [9.17, 15) is 27.2 Å². The number of aromatic nitrogens is 2. The number of rotatable bonds is 6. The van der Waals surface area contributed by atoms with E-state index in [1.54, 1.807) is 53.3 Å². The van der Waals surface area contributed by atoms with Gasteiger partial charge in [0.25, 0.3) is 5.91 Å². The van der Waals surface area contributed by atoms with Crippen molar-refractivity contribution in [3.63, 3.8) is 0 Å². The molecule has 190 valence electrons. The fraction of sp³-hybridized carbons (Fsp3) is 0.320. The zero-order chi connectivity index (χ0) is 26.2. The Kier molecular flexibility index (Phi) is 6.75. The lowest BCUT2D eigenvalue weighted by molar-refractivity contribution is -0.275. The first kappa shape index (κ1) is 25.2. The number of halogens is 4. The summed E-state index contributed by atoms with van der Waals surface area (Å²) < 4.78 is 57.2. The van der Waals surface area contributed by atoms with Crippen LogP contribution < -0.4 is 10.1 Å². The van der Waals surface area contributed by atoms with Crippen molar-refractivity contribution >= 4 is 17.5 Å². The SMILES string of the molecule is CC(C)CN1C(=O)c2ccccc2[C@H](C(=O)Nc2ccc(F)c(OC(F)(F)F)c2)[C@H]1c1cnn(C)c1. The molecule has 2 heterocycles. The molecule has 2 atom stereocenters. The summed E-state index contributed by atoms with van der Waals surface area (Å²) in [4.78, 5) is 28.8. The smallest absolute Gasteiger partial charge is 0.403 e. The van der Waals surface area contributed by atoms with Gasteiger partial charge >= 0.3 is 6.36 Å². The lowest BCUT2D eigenvalue weighted by Crippen LogP contribution is -2.47. The van der Waals surface area contributed by atoms with Gasteiger partial charge in [-0.2, -0.15) is 5.10 Å². The normalized spacial score (nSPS) is 17.8. The summed E-state index contributed by atoms with van der Waals surface area (Å²) in [5.74, 6) is -3.94. The summed E-state index contributed by atoms with van der Waals surface area (Å²) in [7, 11) is 1.71. The molecule has 1 aliphatic rings. The van der Waals surface area contributed by atoms with Crippen molar-refractivity contribution in [2.75, 3.05) is 11.9 Å². The van der Waals surface area contributed by atoms with Gasteiger partial charge in [-0.3, -0.25) is 14.3 Å². The molecule has 0 bridgehead atoms. The van der Waals surface area contributed by atoms with Gasteiger partial charge in [0, 0.05) is 42.7 Å². The van der Waals surface area contributed by atoms with Crippen LogP contribution in [0.2, 0.25) is 0 Å². The van der Waals surface area contributed by atoms with Gasteiger partial charge in [-0.1, -0.05) is 32.0 Å². The molecule has 1 N–H and O–H groups in total. The second kappa shape index (κ2) is 9.63. The second-order valence-corrected chi connectivity index (χ2v) is 8.99. The molecule has 7 nitrogen and oxygen atoms in total. The van der Waals surface area contributed by atoms with E-state index in [2.05, 4.69) is 15.2 Å². The molecule has 3 aromatic rings. The van der Waals surface area contributed by atoms with Gasteiger partial charge in [-0.15, -0.1) is 13.2 Å². The summed E-state index contributed by atoms with van der Waals surface area (Å²) >= 11 is 0. The molecule has 2 amide bonds. The van der Waals surface area contributed by atoms with Crippen molar-refractivity contribution in [3.05, 3.63) is 77.4 Å². The Hall–Kier alpha value is -3.89. The maximum absolute atomic E-state index is 13.9. The Bertz CT molecular complexity index is 1290.